The van der Waals surface area contributed by atoms with E-state index in [9.17, 15) is 4.79 Å². The minimum Gasteiger partial charge on any atom is -0.464 e. The van der Waals surface area contributed by atoms with E-state index in [4.69, 9.17) is 21.1 Å². The van der Waals surface area contributed by atoms with Crippen LogP contribution in [0.3, 0.4) is 0 Å². The number of halogens is 1. The first-order valence-electron chi connectivity index (χ1n) is 5.87. The summed E-state index contributed by atoms with van der Waals surface area (Å²) < 4.78 is 9.91. The van der Waals surface area contributed by atoms with E-state index in [0.717, 1.165) is 16.3 Å². The van der Waals surface area contributed by atoms with Crippen molar-refractivity contribution in [3.8, 4) is 0 Å². The summed E-state index contributed by atoms with van der Waals surface area (Å²) in [6.07, 6.45) is 0. The van der Waals surface area contributed by atoms with Gasteiger partial charge in [-0.2, -0.15) is 0 Å². The fourth-order valence-corrected chi connectivity index (χ4v) is 1.67. The maximum absolute atomic E-state index is 11.0. The molecule has 0 atom stereocenters. The number of anilines is 1. The van der Waals surface area contributed by atoms with Crippen LogP contribution in [0.25, 0.3) is 0 Å². The molecule has 0 amide bonds. The van der Waals surface area contributed by atoms with Gasteiger partial charge < -0.3 is 14.8 Å². The van der Waals surface area contributed by atoms with Crippen LogP contribution in [0.1, 0.15) is 12.5 Å². The van der Waals surface area contributed by atoms with Crippen molar-refractivity contribution in [2.24, 2.45) is 0 Å². The van der Waals surface area contributed by atoms with Crippen molar-refractivity contribution < 1.29 is 14.3 Å². The van der Waals surface area contributed by atoms with Gasteiger partial charge in [0, 0.05) is 17.3 Å². The van der Waals surface area contributed by atoms with E-state index in [1.807, 2.05) is 25.1 Å². The summed E-state index contributed by atoms with van der Waals surface area (Å²) in [5.41, 5.74) is 2.09. The number of aryl methyl sites for hydroxylation is 1. The highest BCUT2D eigenvalue weighted by atomic mass is 35.5. The van der Waals surface area contributed by atoms with Gasteiger partial charge in [0.2, 0.25) is 0 Å². The molecule has 4 nitrogen and oxygen atoms in total. The van der Waals surface area contributed by atoms with Gasteiger partial charge in [0.25, 0.3) is 0 Å². The second-order valence-corrected chi connectivity index (χ2v) is 4.18. The Labute approximate surface area is 112 Å². The first kappa shape index (κ1) is 14.8. The number of hydrogen-bond donors (Lipinski definition) is 1. The van der Waals surface area contributed by atoms with Crippen LogP contribution in [-0.4, -0.2) is 32.3 Å². The van der Waals surface area contributed by atoms with Gasteiger partial charge in [-0.3, -0.25) is 0 Å². The smallest absolute Gasteiger partial charge is 0.332 e. The first-order chi connectivity index (χ1) is 8.63. The fraction of sp³-hybridized carbons (Fsp3) is 0.462. The number of hydrogen-bond acceptors (Lipinski definition) is 4. The van der Waals surface area contributed by atoms with Crippen LogP contribution in [-0.2, 0) is 14.3 Å². The van der Waals surface area contributed by atoms with Crippen LogP contribution in [0, 0.1) is 6.92 Å². The lowest BCUT2D eigenvalue weighted by atomic mass is 10.2. The van der Waals surface area contributed by atoms with Crippen molar-refractivity contribution in [3.63, 3.8) is 0 Å². The zero-order chi connectivity index (χ0) is 13.4. The molecule has 1 N–H and O–H groups in total. The third kappa shape index (κ3) is 5.38. The Morgan fingerprint density at radius 2 is 2.22 bits per heavy atom. The summed E-state index contributed by atoms with van der Waals surface area (Å²) in [5, 5.41) is 3.93. The number of nitrogens with one attached hydrogen (secondary N) is 1. The van der Waals surface area contributed by atoms with Crippen molar-refractivity contribution in [3.05, 3.63) is 28.8 Å². The van der Waals surface area contributed by atoms with Gasteiger partial charge >= 0.3 is 5.97 Å². The summed E-state index contributed by atoms with van der Waals surface area (Å²) in [6.45, 7) is 5.19. The minimum atomic E-state index is -0.333. The van der Waals surface area contributed by atoms with Gasteiger partial charge in [-0.05, 0) is 37.6 Å². The molecule has 0 heterocycles. The highest BCUT2D eigenvalue weighted by Gasteiger charge is 2.01. The molecule has 0 saturated carbocycles. The van der Waals surface area contributed by atoms with Crippen molar-refractivity contribution >= 4 is 23.3 Å². The molecule has 0 aliphatic rings. The highest BCUT2D eigenvalue weighted by Crippen LogP contribution is 2.19. The lowest BCUT2D eigenvalue weighted by molar-refractivity contribution is -0.148. The summed E-state index contributed by atoms with van der Waals surface area (Å²) in [4.78, 5) is 11.0. The molecule has 0 aliphatic carbocycles. The average molecular weight is 272 g/mol. The summed E-state index contributed by atoms with van der Waals surface area (Å²) >= 11 is 5.86. The van der Waals surface area contributed by atoms with E-state index >= 15 is 0 Å². The molecule has 0 radical (unpaired) electrons. The molecule has 0 fully saturated rings. The highest BCUT2D eigenvalue weighted by molar-refractivity contribution is 6.30. The van der Waals surface area contributed by atoms with Crippen LogP contribution >= 0.6 is 11.6 Å². The molecule has 0 bridgehead atoms. The number of carbonyl (C=O) groups is 1. The van der Waals surface area contributed by atoms with Crippen LogP contribution in [0.2, 0.25) is 5.02 Å². The van der Waals surface area contributed by atoms with Crippen molar-refractivity contribution in [2.45, 2.75) is 13.8 Å². The summed E-state index contributed by atoms with van der Waals surface area (Å²) in [6, 6.07) is 5.64. The lowest BCUT2D eigenvalue weighted by Crippen LogP contribution is -2.16. The lowest BCUT2D eigenvalue weighted by Gasteiger charge is -2.10. The van der Waals surface area contributed by atoms with E-state index in [1.54, 1.807) is 6.92 Å². The predicted molar refractivity (Wildman–Crippen MR) is 72.1 cm³/mol. The Bertz CT molecular complexity index is 396. The number of carbonyl (C=O) groups excluding carboxylic acids is 1. The van der Waals surface area contributed by atoms with E-state index in [1.165, 1.54) is 0 Å². The van der Waals surface area contributed by atoms with E-state index in [2.05, 4.69) is 5.32 Å². The number of ether oxygens (including phenoxy) is 2. The number of rotatable bonds is 7. The topological polar surface area (TPSA) is 47.6 Å². The van der Waals surface area contributed by atoms with E-state index in [-0.39, 0.29) is 12.6 Å². The van der Waals surface area contributed by atoms with Gasteiger partial charge in [-0.15, -0.1) is 0 Å². The van der Waals surface area contributed by atoms with Crippen LogP contribution in [0.5, 0.6) is 0 Å². The van der Waals surface area contributed by atoms with Gasteiger partial charge in [-0.1, -0.05) is 11.6 Å². The Kier molecular flexibility index (Phi) is 6.54. The molecule has 5 heteroatoms. The molecule has 1 rings (SSSR count). The second kappa shape index (κ2) is 7.95. The van der Waals surface area contributed by atoms with Crippen LogP contribution < -0.4 is 5.32 Å². The predicted octanol–water partition coefficient (Wildman–Crippen LogP) is 2.64. The molecular weight excluding hydrogens is 254 g/mol. The molecule has 0 saturated heterocycles. The fourth-order valence-electron chi connectivity index (χ4n) is 1.44. The molecule has 1 aromatic rings. The van der Waals surface area contributed by atoms with E-state index in [0.29, 0.717) is 19.8 Å². The quantitative estimate of drug-likeness (QED) is 0.612. The van der Waals surface area contributed by atoms with Gasteiger partial charge in [-0.25, -0.2) is 4.79 Å². The molecule has 1 aromatic carbocycles. The third-order valence-corrected chi connectivity index (χ3v) is 2.51. The Balaban J connectivity index is 2.20. The van der Waals surface area contributed by atoms with Crippen molar-refractivity contribution in [1.29, 1.82) is 0 Å². The van der Waals surface area contributed by atoms with Crippen LogP contribution in [0.15, 0.2) is 18.2 Å². The summed E-state index contributed by atoms with van der Waals surface area (Å²) in [5.74, 6) is -0.333. The normalized spacial score (nSPS) is 10.2. The summed E-state index contributed by atoms with van der Waals surface area (Å²) in [7, 11) is 0. The molecule has 0 unspecified atom stereocenters. The monoisotopic (exact) mass is 271 g/mol. The SMILES string of the molecule is CCOC(=O)COCCNc1ccc(Cl)cc1C. The molecule has 0 aliphatic heterocycles. The number of esters is 1. The second-order valence-electron chi connectivity index (χ2n) is 3.74. The largest absolute Gasteiger partial charge is 0.464 e. The molecular formula is C13H18ClNO3. The first-order valence-corrected chi connectivity index (χ1v) is 6.24. The Morgan fingerprint density at radius 3 is 2.89 bits per heavy atom. The van der Waals surface area contributed by atoms with Gasteiger partial charge in [0.1, 0.15) is 6.61 Å². The van der Waals surface area contributed by atoms with Gasteiger partial charge in [0.15, 0.2) is 0 Å². The molecule has 100 valence electrons. The zero-order valence-corrected chi connectivity index (χ0v) is 11.4. The maximum atomic E-state index is 11.0. The zero-order valence-electron chi connectivity index (χ0n) is 10.7. The minimum absolute atomic E-state index is 0.00484. The molecule has 0 aromatic heterocycles. The standard InChI is InChI=1S/C13H18ClNO3/c1-3-18-13(16)9-17-7-6-15-12-5-4-11(14)8-10(12)2/h4-5,8,15H,3,6-7,9H2,1-2H3. The van der Waals surface area contributed by atoms with Gasteiger partial charge in [0.05, 0.1) is 13.2 Å². The van der Waals surface area contributed by atoms with E-state index < -0.39 is 0 Å². The Morgan fingerprint density at radius 1 is 1.44 bits per heavy atom. The molecule has 18 heavy (non-hydrogen) atoms. The third-order valence-electron chi connectivity index (χ3n) is 2.28. The molecule has 0 spiro atoms. The van der Waals surface area contributed by atoms with Crippen molar-refractivity contribution in [1.82, 2.24) is 0 Å². The Hall–Kier alpha value is -1.26. The maximum Gasteiger partial charge on any atom is 0.332 e. The number of benzene rings is 1. The van der Waals surface area contributed by atoms with Crippen molar-refractivity contribution in [2.75, 3.05) is 31.7 Å². The van der Waals surface area contributed by atoms with Crippen LogP contribution in [0.4, 0.5) is 5.69 Å². The average Bonchev–Trinajstić information content (AvgIpc) is 2.31.